The molecule has 0 unspecified atom stereocenters. The molecule has 28 heavy (non-hydrogen) atoms. The Morgan fingerprint density at radius 1 is 1.18 bits per heavy atom. The van der Waals surface area contributed by atoms with Crippen molar-refractivity contribution in [1.82, 2.24) is 24.7 Å². The number of hydrogen-bond acceptors (Lipinski definition) is 6. The Hall–Kier alpha value is -1.97. The molecule has 0 radical (unpaired) electrons. The summed E-state index contributed by atoms with van der Waals surface area (Å²) in [5, 5.41) is 9.53. The second kappa shape index (κ2) is 9.02. The molecule has 9 heteroatoms. The maximum atomic E-state index is 12.8. The SMILES string of the molecule is CC(C)N1CCC(N2CCN(C(=O)c3cc(=O)[nH]c(=O)[nH]3)C[C@H]2CCO)CC1. The van der Waals surface area contributed by atoms with Gasteiger partial charge in [-0.3, -0.25) is 19.5 Å². The predicted octanol–water partition coefficient (Wildman–Crippen LogP) is -0.555. The Balaban J connectivity index is 1.68. The van der Waals surface area contributed by atoms with Crippen LogP contribution < -0.4 is 11.2 Å². The lowest BCUT2D eigenvalue weighted by atomic mass is 9.97. The minimum atomic E-state index is -0.682. The van der Waals surface area contributed by atoms with Gasteiger partial charge in [0, 0.05) is 50.4 Å². The molecule has 0 aliphatic carbocycles. The second-order valence-electron chi connectivity index (χ2n) is 8.02. The number of rotatable bonds is 5. The first-order valence-electron chi connectivity index (χ1n) is 10.1. The van der Waals surface area contributed by atoms with E-state index in [1.54, 1.807) is 4.90 Å². The van der Waals surface area contributed by atoms with Gasteiger partial charge in [-0.2, -0.15) is 0 Å². The van der Waals surface area contributed by atoms with E-state index in [1.807, 2.05) is 0 Å². The number of nitrogens with zero attached hydrogens (tertiary/aromatic N) is 3. The number of H-pyrrole nitrogens is 2. The van der Waals surface area contributed by atoms with E-state index in [9.17, 15) is 19.5 Å². The van der Waals surface area contributed by atoms with E-state index in [4.69, 9.17) is 0 Å². The van der Waals surface area contributed by atoms with Crippen molar-refractivity contribution < 1.29 is 9.90 Å². The molecule has 2 aliphatic rings. The van der Waals surface area contributed by atoms with Crippen molar-refractivity contribution in [3.8, 4) is 0 Å². The normalized spacial score (nSPS) is 22.7. The van der Waals surface area contributed by atoms with Crippen molar-refractivity contribution in [2.45, 2.75) is 51.2 Å². The van der Waals surface area contributed by atoms with Crippen molar-refractivity contribution in [3.05, 3.63) is 32.6 Å². The zero-order chi connectivity index (χ0) is 20.3. The Kier molecular flexibility index (Phi) is 6.69. The number of likely N-dealkylation sites (tertiary alicyclic amines) is 1. The molecule has 156 valence electrons. The minimum absolute atomic E-state index is 0.00944. The molecule has 2 aliphatic heterocycles. The van der Waals surface area contributed by atoms with Gasteiger partial charge in [0.05, 0.1) is 0 Å². The van der Waals surface area contributed by atoms with Gasteiger partial charge in [-0.1, -0.05) is 0 Å². The molecule has 3 heterocycles. The molecule has 0 saturated carbocycles. The van der Waals surface area contributed by atoms with Crippen LogP contribution >= 0.6 is 0 Å². The second-order valence-corrected chi connectivity index (χ2v) is 8.02. The van der Waals surface area contributed by atoms with Gasteiger partial charge in [-0.15, -0.1) is 0 Å². The standard InChI is InChI=1S/C19H31N5O4/c1-13(2)22-6-3-14(4-7-22)24-9-8-23(12-15(24)5-10-25)18(27)16-11-17(26)21-19(28)20-16/h11,13-15,25H,3-10,12H2,1-2H3,(H2,20,21,26,28)/t15-/m1/s1. The monoisotopic (exact) mass is 393 g/mol. The summed E-state index contributed by atoms with van der Waals surface area (Å²) < 4.78 is 0. The van der Waals surface area contributed by atoms with E-state index in [-0.39, 0.29) is 24.2 Å². The molecule has 0 spiro atoms. The Labute approximate surface area is 164 Å². The zero-order valence-electron chi connectivity index (χ0n) is 16.7. The van der Waals surface area contributed by atoms with Crippen LogP contribution in [-0.2, 0) is 0 Å². The zero-order valence-corrected chi connectivity index (χ0v) is 16.7. The average Bonchev–Trinajstić information content (AvgIpc) is 2.67. The molecule has 0 bridgehead atoms. The Morgan fingerprint density at radius 3 is 2.50 bits per heavy atom. The number of amides is 1. The largest absolute Gasteiger partial charge is 0.396 e. The molecule has 9 nitrogen and oxygen atoms in total. The van der Waals surface area contributed by atoms with E-state index in [0.717, 1.165) is 38.5 Å². The third-order valence-electron chi connectivity index (χ3n) is 5.97. The summed E-state index contributed by atoms with van der Waals surface area (Å²) >= 11 is 0. The van der Waals surface area contributed by atoms with Crippen LogP contribution in [0.2, 0.25) is 0 Å². The van der Waals surface area contributed by atoms with E-state index >= 15 is 0 Å². The fraction of sp³-hybridized carbons (Fsp3) is 0.737. The first-order valence-corrected chi connectivity index (χ1v) is 10.1. The smallest absolute Gasteiger partial charge is 0.326 e. The highest BCUT2D eigenvalue weighted by molar-refractivity contribution is 5.92. The van der Waals surface area contributed by atoms with E-state index < -0.39 is 11.2 Å². The van der Waals surface area contributed by atoms with Crippen molar-refractivity contribution >= 4 is 5.91 Å². The van der Waals surface area contributed by atoms with Gasteiger partial charge in [-0.05, 0) is 46.2 Å². The number of carbonyl (C=O) groups excluding carboxylic acids is 1. The number of aromatic amines is 2. The number of aromatic nitrogens is 2. The molecular weight excluding hydrogens is 362 g/mol. The summed E-state index contributed by atoms with van der Waals surface area (Å²) in [7, 11) is 0. The molecule has 1 atom stereocenters. The first-order chi connectivity index (χ1) is 13.4. The highest BCUT2D eigenvalue weighted by atomic mass is 16.3. The quantitative estimate of drug-likeness (QED) is 0.618. The maximum absolute atomic E-state index is 12.8. The lowest BCUT2D eigenvalue weighted by Crippen LogP contribution is -2.60. The molecule has 1 amide bonds. The summed E-state index contributed by atoms with van der Waals surface area (Å²) in [6, 6.07) is 2.22. The summed E-state index contributed by atoms with van der Waals surface area (Å²) in [4.78, 5) is 46.8. The molecule has 2 fully saturated rings. The van der Waals surface area contributed by atoms with E-state index in [1.165, 1.54) is 0 Å². The maximum Gasteiger partial charge on any atom is 0.326 e. The van der Waals surface area contributed by atoms with Crippen LogP contribution in [0, 0.1) is 0 Å². The summed E-state index contributed by atoms with van der Waals surface area (Å²) in [5.41, 5.74) is -1.26. The topological polar surface area (TPSA) is 113 Å². The number of aliphatic hydroxyl groups excluding tert-OH is 1. The number of carbonyl (C=O) groups is 1. The highest BCUT2D eigenvalue weighted by Crippen LogP contribution is 2.24. The fourth-order valence-electron chi connectivity index (χ4n) is 4.43. The number of piperidine rings is 1. The van der Waals surface area contributed by atoms with Gasteiger partial charge in [0.25, 0.3) is 11.5 Å². The minimum Gasteiger partial charge on any atom is -0.396 e. The number of nitrogens with one attached hydrogen (secondary N) is 2. The lowest BCUT2D eigenvalue weighted by Gasteiger charge is -2.48. The van der Waals surface area contributed by atoms with E-state index in [0.29, 0.717) is 31.6 Å². The molecule has 0 aromatic carbocycles. The van der Waals surface area contributed by atoms with Crippen LogP contribution in [0.15, 0.2) is 15.7 Å². The van der Waals surface area contributed by atoms with Crippen LogP contribution in [0.5, 0.6) is 0 Å². The summed E-state index contributed by atoms with van der Waals surface area (Å²) in [6.07, 6.45) is 2.78. The van der Waals surface area contributed by atoms with Crippen LogP contribution in [0.3, 0.4) is 0 Å². The van der Waals surface area contributed by atoms with Crippen LogP contribution in [-0.4, -0.2) is 93.1 Å². The molecular formula is C19H31N5O4. The number of aliphatic hydroxyl groups is 1. The lowest BCUT2D eigenvalue weighted by molar-refractivity contribution is 0.00392. The molecule has 1 aromatic rings. The van der Waals surface area contributed by atoms with Crippen LogP contribution in [0.1, 0.15) is 43.6 Å². The number of piperazine rings is 1. The van der Waals surface area contributed by atoms with Crippen LogP contribution in [0.4, 0.5) is 0 Å². The van der Waals surface area contributed by atoms with Gasteiger partial charge >= 0.3 is 5.69 Å². The van der Waals surface area contributed by atoms with Crippen molar-refractivity contribution in [2.75, 3.05) is 39.3 Å². The van der Waals surface area contributed by atoms with Crippen molar-refractivity contribution in [1.29, 1.82) is 0 Å². The molecule has 1 aromatic heterocycles. The van der Waals surface area contributed by atoms with Crippen molar-refractivity contribution in [2.24, 2.45) is 0 Å². The summed E-state index contributed by atoms with van der Waals surface area (Å²) in [6.45, 7) is 8.41. The molecule has 3 N–H and O–H groups in total. The van der Waals surface area contributed by atoms with Gasteiger partial charge in [0.2, 0.25) is 0 Å². The van der Waals surface area contributed by atoms with Gasteiger partial charge in [0.1, 0.15) is 5.69 Å². The predicted molar refractivity (Wildman–Crippen MR) is 106 cm³/mol. The highest BCUT2D eigenvalue weighted by Gasteiger charge is 2.35. The molecule has 3 rings (SSSR count). The van der Waals surface area contributed by atoms with Gasteiger partial charge < -0.3 is 19.9 Å². The Morgan fingerprint density at radius 2 is 1.89 bits per heavy atom. The van der Waals surface area contributed by atoms with E-state index in [2.05, 4.69) is 33.6 Å². The third kappa shape index (κ3) is 4.71. The van der Waals surface area contributed by atoms with Crippen LogP contribution in [0.25, 0.3) is 0 Å². The third-order valence-corrected chi connectivity index (χ3v) is 5.97. The van der Waals surface area contributed by atoms with Crippen molar-refractivity contribution in [3.63, 3.8) is 0 Å². The number of hydrogen-bond donors (Lipinski definition) is 3. The summed E-state index contributed by atoms with van der Waals surface area (Å²) in [5.74, 6) is -0.347. The fourth-order valence-corrected chi connectivity index (χ4v) is 4.43. The van der Waals surface area contributed by atoms with Gasteiger partial charge in [0.15, 0.2) is 0 Å². The van der Waals surface area contributed by atoms with Gasteiger partial charge in [-0.25, -0.2) is 4.79 Å². The Bertz CT molecular complexity index is 753. The molecule has 2 saturated heterocycles. The average molecular weight is 393 g/mol. The first kappa shape index (κ1) is 20.8.